The van der Waals surface area contributed by atoms with Crippen LogP contribution in [0.4, 0.5) is 5.82 Å². The van der Waals surface area contributed by atoms with Crippen LogP contribution in [0.15, 0.2) is 28.0 Å². The second kappa shape index (κ2) is 11.4. The van der Waals surface area contributed by atoms with Crippen molar-refractivity contribution in [3.05, 3.63) is 44.7 Å². The molecule has 2 aromatic heterocycles. The molecule has 1 N–H and O–H groups in total. The van der Waals surface area contributed by atoms with E-state index >= 15 is 0 Å². The van der Waals surface area contributed by atoms with E-state index < -0.39 is 15.9 Å². The van der Waals surface area contributed by atoms with Crippen molar-refractivity contribution in [2.24, 2.45) is 0 Å². The molecule has 194 valence electrons. The van der Waals surface area contributed by atoms with Crippen molar-refractivity contribution < 1.29 is 13.2 Å². The molecule has 2 aliphatic heterocycles. The number of pyridine rings is 1. The molecule has 1 atom stereocenters. The van der Waals surface area contributed by atoms with E-state index in [9.17, 15) is 18.0 Å². The molecule has 0 aliphatic carbocycles. The molecule has 2 saturated heterocycles. The lowest BCUT2D eigenvalue weighted by molar-refractivity contribution is -0.123. The largest absolute Gasteiger partial charge is 0.369 e. The number of unbranched alkanes of at least 4 members (excludes halogenated alkanes) is 5. The molecule has 2 fully saturated rings. The Labute approximate surface area is 221 Å². The Morgan fingerprint density at radius 3 is 2.67 bits per heavy atom. The molecule has 0 radical (unpaired) electrons. The first-order valence-corrected chi connectivity index (χ1v) is 15.5. The minimum Gasteiger partial charge on any atom is -0.369 e. The second-order valence-electron chi connectivity index (χ2n) is 9.42. The number of aryl methyl sites for hydroxylation is 1. The normalized spacial score (nSPS) is 20.7. The third-order valence-corrected chi connectivity index (χ3v) is 9.58. The van der Waals surface area contributed by atoms with Crippen LogP contribution in [0, 0.1) is 6.92 Å². The van der Waals surface area contributed by atoms with E-state index in [4.69, 9.17) is 12.2 Å². The summed E-state index contributed by atoms with van der Waals surface area (Å²) >= 11 is 6.53. The number of carbonyl (C=O) groups excluding carboxylic acids is 1. The lowest BCUT2D eigenvalue weighted by Crippen LogP contribution is -2.39. The van der Waals surface area contributed by atoms with Crippen LogP contribution >= 0.6 is 24.0 Å². The van der Waals surface area contributed by atoms with Gasteiger partial charge in [-0.05, 0) is 37.5 Å². The second-order valence-corrected chi connectivity index (χ2v) is 13.3. The molecule has 2 aliphatic rings. The number of rotatable bonds is 10. The highest BCUT2D eigenvalue weighted by molar-refractivity contribution is 8.26. The number of hydrogen-bond donors (Lipinski definition) is 1. The van der Waals surface area contributed by atoms with E-state index in [1.807, 2.05) is 13.0 Å². The summed E-state index contributed by atoms with van der Waals surface area (Å²) in [6, 6.07) is 3.24. The van der Waals surface area contributed by atoms with Crippen molar-refractivity contribution in [3.63, 3.8) is 0 Å². The fourth-order valence-corrected chi connectivity index (χ4v) is 7.62. The van der Waals surface area contributed by atoms with Crippen LogP contribution in [0.3, 0.4) is 0 Å². The topological polar surface area (TPSA) is 101 Å². The highest BCUT2D eigenvalue weighted by atomic mass is 32.2. The predicted octanol–water partition coefficient (Wildman–Crippen LogP) is 4.16. The first-order valence-electron chi connectivity index (χ1n) is 12.4. The van der Waals surface area contributed by atoms with Gasteiger partial charge in [0.05, 0.1) is 28.0 Å². The summed E-state index contributed by atoms with van der Waals surface area (Å²) in [7, 11) is -3.17. The van der Waals surface area contributed by atoms with Gasteiger partial charge in [-0.15, -0.1) is 0 Å². The van der Waals surface area contributed by atoms with Gasteiger partial charge in [0.15, 0.2) is 9.84 Å². The summed E-state index contributed by atoms with van der Waals surface area (Å²) < 4.78 is 25.7. The van der Waals surface area contributed by atoms with Gasteiger partial charge in [0, 0.05) is 12.7 Å². The quantitative estimate of drug-likeness (QED) is 0.268. The van der Waals surface area contributed by atoms with Crippen LogP contribution in [-0.2, 0) is 14.6 Å². The number of aromatic nitrogens is 2. The molecule has 0 bridgehead atoms. The van der Waals surface area contributed by atoms with Crippen LogP contribution in [0.1, 0.15) is 63.0 Å². The molecule has 4 heterocycles. The summed E-state index contributed by atoms with van der Waals surface area (Å²) in [4.78, 5) is 33.1. The van der Waals surface area contributed by atoms with Gasteiger partial charge in [0.2, 0.25) is 0 Å². The van der Waals surface area contributed by atoms with Gasteiger partial charge < -0.3 is 5.32 Å². The van der Waals surface area contributed by atoms with Gasteiger partial charge >= 0.3 is 0 Å². The predicted molar refractivity (Wildman–Crippen MR) is 150 cm³/mol. The molecule has 2 aromatic rings. The Balaban J connectivity index is 1.62. The number of carbonyl (C=O) groups is 1. The maximum atomic E-state index is 13.5. The highest BCUT2D eigenvalue weighted by Gasteiger charge is 2.42. The van der Waals surface area contributed by atoms with E-state index in [-0.39, 0.29) is 23.0 Å². The number of anilines is 1. The summed E-state index contributed by atoms with van der Waals surface area (Å²) in [5.41, 5.74) is 1.46. The number of hydrogen-bond acceptors (Lipinski definition) is 8. The van der Waals surface area contributed by atoms with Crippen LogP contribution in [-0.4, -0.2) is 57.0 Å². The van der Waals surface area contributed by atoms with Crippen molar-refractivity contribution >= 4 is 61.6 Å². The Morgan fingerprint density at radius 2 is 1.94 bits per heavy atom. The van der Waals surface area contributed by atoms with Gasteiger partial charge in [0.25, 0.3) is 11.5 Å². The Kier molecular flexibility index (Phi) is 8.52. The summed E-state index contributed by atoms with van der Waals surface area (Å²) in [5, 5.41) is 3.31. The maximum Gasteiger partial charge on any atom is 0.267 e. The average molecular weight is 549 g/mol. The number of nitrogens with zero attached hydrogens (tertiary/aromatic N) is 3. The highest BCUT2D eigenvalue weighted by Crippen LogP contribution is 2.36. The number of fused-ring (bicyclic) bond motifs is 1. The number of sulfone groups is 1. The minimum atomic E-state index is -3.17. The number of nitrogens with one attached hydrogen (secondary N) is 1. The Bertz CT molecular complexity index is 1370. The van der Waals surface area contributed by atoms with Crippen molar-refractivity contribution in [3.8, 4) is 0 Å². The van der Waals surface area contributed by atoms with Crippen molar-refractivity contribution in [2.45, 2.75) is 64.8 Å². The Hall–Kier alpha value is -2.24. The molecular weight excluding hydrogens is 517 g/mol. The number of thioether (sulfide) groups is 1. The lowest BCUT2D eigenvalue weighted by atomic mass is 10.1. The van der Waals surface area contributed by atoms with Gasteiger partial charge in [-0.25, -0.2) is 13.4 Å². The molecular formula is C25H32N4O4S3. The maximum absolute atomic E-state index is 13.5. The lowest BCUT2D eigenvalue weighted by Gasteiger charge is -2.20. The van der Waals surface area contributed by atoms with E-state index in [0.717, 1.165) is 30.2 Å². The molecule has 0 saturated carbocycles. The van der Waals surface area contributed by atoms with Crippen molar-refractivity contribution in [1.29, 1.82) is 0 Å². The van der Waals surface area contributed by atoms with Gasteiger partial charge in [-0.3, -0.25) is 18.9 Å². The van der Waals surface area contributed by atoms with Crippen molar-refractivity contribution in [1.82, 2.24) is 14.3 Å². The van der Waals surface area contributed by atoms with Crippen LogP contribution < -0.4 is 10.9 Å². The standard InChI is InChI=1S/C25H32N4O4S3/c1-3-4-5-6-7-8-12-26-22-19(23(30)28-15-17(2)9-10-21(28)27-22)14-20-24(31)29(25(34)35-20)18-11-13-36(32,33)16-18/h9-10,14-15,18,26H,3-8,11-13,16H2,1-2H3/b20-14+. The molecule has 4 rings (SSSR count). The van der Waals surface area contributed by atoms with Crippen LogP contribution in [0.2, 0.25) is 0 Å². The van der Waals surface area contributed by atoms with E-state index in [2.05, 4.69) is 17.2 Å². The SMILES string of the molecule is CCCCCCCCNc1nc2ccc(C)cn2c(=O)c1/C=C1/SC(=S)N(C2CCS(=O)(=O)C2)C1=O. The van der Waals surface area contributed by atoms with E-state index in [1.165, 1.54) is 35.0 Å². The minimum absolute atomic E-state index is 0.0512. The molecule has 0 aromatic carbocycles. The van der Waals surface area contributed by atoms with E-state index in [0.29, 0.717) is 39.2 Å². The van der Waals surface area contributed by atoms with Crippen LogP contribution in [0.25, 0.3) is 11.7 Å². The fraction of sp³-hybridized carbons (Fsp3) is 0.520. The van der Waals surface area contributed by atoms with Gasteiger partial charge in [0.1, 0.15) is 15.8 Å². The third kappa shape index (κ3) is 6.00. The van der Waals surface area contributed by atoms with Crippen LogP contribution in [0.5, 0.6) is 0 Å². The fourth-order valence-electron chi connectivity index (χ4n) is 4.54. The monoisotopic (exact) mass is 548 g/mol. The smallest absolute Gasteiger partial charge is 0.267 e. The number of thiocarbonyl (C=S) groups is 1. The summed E-state index contributed by atoms with van der Waals surface area (Å²) in [6.45, 7) is 4.76. The zero-order chi connectivity index (χ0) is 25.9. The molecule has 11 heteroatoms. The molecule has 1 amide bonds. The number of amides is 1. The van der Waals surface area contributed by atoms with Crippen molar-refractivity contribution in [2.75, 3.05) is 23.4 Å². The summed E-state index contributed by atoms with van der Waals surface area (Å²) in [6.07, 6.45) is 10.5. The van der Waals surface area contributed by atoms with E-state index in [1.54, 1.807) is 18.3 Å². The zero-order valence-corrected chi connectivity index (χ0v) is 23.1. The molecule has 8 nitrogen and oxygen atoms in total. The first kappa shape index (κ1) is 26.8. The van der Waals surface area contributed by atoms with Gasteiger partial charge in [-0.1, -0.05) is 69.1 Å². The first-order chi connectivity index (χ1) is 17.2. The zero-order valence-electron chi connectivity index (χ0n) is 20.7. The van der Waals surface area contributed by atoms with Gasteiger partial charge in [-0.2, -0.15) is 0 Å². The average Bonchev–Trinajstić information content (AvgIpc) is 3.32. The molecule has 36 heavy (non-hydrogen) atoms. The summed E-state index contributed by atoms with van der Waals surface area (Å²) in [5.74, 6) is 0.0427. The third-order valence-electron chi connectivity index (χ3n) is 6.50. The molecule has 1 unspecified atom stereocenters. The Morgan fingerprint density at radius 1 is 1.19 bits per heavy atom. The molecule has 0 spiro atoms.